The molecule has 0 saturated carbocycles. The summed E-state index contributed by atoms with van der Waals surface area (Å²) in [5.74, 6) is 0.0579. The highest BCUT2D eigenvalue weighted by Crippen LogP contribution is 2.32. The number of nitrogens with zero attached hydrogens (tertiary/aromatic N) is 2. The van der Waals surface area contributed by atoms with E-state index < -0.39 is 0 Å². The van der Waals surface area contributed by atoms with E-state index in [2.05, 4.69) is 15.3 Å². The van der Waals surface area contributed by atoms with Crippen LogP contribution in [0.25, 0.3) is 22.5 Å². The maximum absolute atomic E-state index is 13.3. The zero-order valence-electron chi connectivity index (χ0n) is 15.2. The van der Waals surface area contributed by atoms with Crippen molar-refractivity contribution in [2.75, 3.05) is 13.2 Å². The number of halogens is 1. The summed E-state index contributed by atoms with van der Waals surface area (Å²) in [6.07, 6.45) is 1.70. The third-order valence-electron chi connectivity index (χ3n) is 4.03. The van der Waals surface area contributed by atoms with Crippen molar-refractivity contribution in [3.8, 4) is 28.4 Å². The summed E-state index contributed by atoms with van der Waals surface area (Å²) in [5.41, 5.74) is 3.96. The van der Waals surface area contributed by atoms with Gasteiger partial charge < -0.3 is 10.1 Å². The smallest absolute Gasteiger partial charge is 0.217 e. The van der Waals surface area contributed by atoms with E-state index in [0.29, 0.717) is 30.4 Å². The highest BCUT2D eigenvalue weighted by atomic mass is 19.1. The molecule has 1 N–H and O–H groups in total. The summed E-state index contributed by atoms with van der Waals surface area (Å²) in [6.45, 7) is 4.04. The normalized spacial score (nSPS) is 10.5. The molecule has 0 saturated heterocycles. The first kappa shape index (κ1) is 18.5. The van der Waals surface area contributed by atoms with Gasteiger partial charge >= 0.3 is 0 Å². The Morgan fingerprint density at radius 3 is 2.59 bits per heavy atom. The van der Waals surface area contributed by atoms with Crippen LogP contribution in [0.3, 0.4) is 0 Å². The maximum Gasteiger partial charge on any atom is 0.217 e. The van der Waals surface area contributed by atoms with E-state index in [0.717, 1.165) is 16.7 Å². The van der Waals surface area contributed by atoms with E-state index in [9.17, 15) is 9.18 Å². The first-order valence-corrected chi connectivity index (χ1v) is 8.61. The molecular weight excluding hydrogens is 345 g/mol. The van der Waals surface area contributed by atoms with Crippen molar-refractivity contribution >= 4 is 5.91 Å². The molecule has 3 aromatic rings. The number of benzene rings is 1. The lowest BCUT2D eigenvalue weighted by atomic mass is 10.00. The molecule has 0 aliphatic carbocycles. The number of amides is 1. The lowest BCUT2D eigenvalue weighted by molar-refractivity contribution is -0.119. The molecule has 0 atom stereocenters. The quantitative estimate of drug-likeness (QED) is 0.676. The molecule has 0 fully saturated rings. The Bertz CT molecular complexity index is 928. The molecule has 0 aliphatic heterocycles. The van der Waals surface area contributed by atoms with Crippen LogP contribution >= 0.6 is 0 Å². The highest BCUT2D eigenvalue weighted by Gasteiger charge is 2.14. The van der Waals surface area contributed by atoms with Crippen LogP contribution in [0.15, 0.2) is 54.7 Å². The Balaban J connectivity index is 1.99. The predicted octanol–water partition coefficient (Wildman–Crippen LogP) is 3.77. The Kier molecular flexibility index (Phi) is 5.76. The van der Waals surface area contributed by atoms with E-state index in [1.807, 2.05) is 31.2 Å². The first-order chi connectivity index (χ1) is 13.0. The van der Waals surface area contributed by atoms with Crippen molar-refractivity contribution < 1.29 is 13.9 Å². The SMILES string of the molecule is CC(=O)NCCOc1nc(-c2ccccn2)cc(-c2ccc(F)cc2)c1C. The lowest BCUT2D eigenvalue weighted by Crippen LogP contribution is -2.25. The molecule has 0 unspecified atom stereocenters. The van der Waals surface area contributed by atoms with Gasteiger partial charge in [0.2, 0.25) is 11.8 Å². The average molecular weight is 365 g/mol. The van der Waals surface area contributed by atoms with E-state index in [4.69, 9.17) is 4.74 Å². The number of nitrogens with one attached hydrogen (secondary N) is 1. The Labute approximate surface area is 157 Å². The van der Waals surface area contributed by atoms with Gasteiger partial charge in [0.05, 0.1) is 17.9 Å². The van der Waals surface area contributed by atoms with Crippen LogP contribution in [-0.4, -0.2) is 29.0 Å². The molecule has 1 amide bonds. The fourth-order valence-corrected chi connectivity index (χ4v) is 2.68. The number of pyridine rings is 2. The maximum atomic E-state index is 13.3. The fraction of sp³-hybridized carbons (Fsp3) is 0.190. The average Bonchev–Trinajstić information content (AvgIpc) is 2.67. The number of carbonyl (C=O) groups excluding carboxylic acids is 1. The largest absolute Gasteiger partial charge is 0.476 e. The molecule has 0 radical (unpaired) electrons. The molecule has 138 valence electrons. The first-order valence-electron chi connectivity index (χ1n) is 8.61. The minimum atomic E-state index is -0.290. The topological polar surface area (TPSA) is 64.1 Å². The molecule has 3 rings (SSSR count). The van der Waals surface area contributed by atoms with Crippen LogP contribution in [0, 0.1) is 12.7 Å². The van der Waals surface area contributed by atoms with Crippen molar-refractivity contribution in [1.29, 1.82) is 0 Å². The van der Waals surface area contributed by atoms with E-state index in [1.165, 1.54) is 19.1 Å². The van der Waals surface area contributed by atoms with E-state index >= 15 is 0 Å². The van der Waals surface area contributed by atoms with Crippen molar-refractivity contribution in [3.05, 3.63) is 66.1 Å². The summed E-state index contributed by atoms with van der Waals surface area (Å²) in [7, 11) is 0. The van der Waals surface area contributed by atoms with E-state index in [1.54, 1.807) is 18.3 Å². The van der Waals surface area contributed by atoms with Gasteiger partial charge in [-0.2, -0.15) is 0 Å². The van der Waals surface area contributed by atoms with Crippen LogP contribution in [0.5, 0.6) is 5.88 Å². The number of carbonyl (C=O) groups is 1. The summed E-state index contributed by atoms with van der Waals surface area (Å²) < 4.78 is 19.1. The molecular formula is C21H20FN3O2. The van der Waals surface area contributed by atoms with Gasteiger partial charge in [-0.25, -0.2) is 9.37 Å². The lowest BCUT2D eigenvalue weighted by Gasteiger charge is -2.15. The van der Waals surface area contributed by atoms with Crippen molar-refractivity contribution in [2.45, 2.75) is 13.8 Å². The summed E-state index contributed by atoms with van der Waals surface area (Å²) in [6, 6.07) is 13.8. The van der Waals surface area contributed by atoms with Crippen molar-refractivity contribution in [1.82, 2.24) is 15.3 Å². The van der Waals surface area contributed by atoms with Crippen LogP contribution in [0.1, 0.15) is 12.5 Å². The molecule has 6 heteroatoms. The van der Waals surface area contributed by atoms with Gasteiger partial charge in [-0.1, -0.05) is 18.2 Å². The number of rotatable bonds is 6. The van der Waals surface area contributed by atoms with Crippen LogP contribution in [0.2, 0.25) is 0 Å². The zero-order chi connectivity index (χ0) is 19.2. The summed E-state index contributed by atoms with van der Waals surface area (Å²) in [5, 5.41) is 2.69. The molecule has 1 aromatic carbocycles. The number of hydrogen-bond donors (Lipinski definition) is 1. The molecule has 27 heavy (non-hydrogen) atoms. The van der Waals surface area contributed by atoms with Gasteiger partial charge in [0.25, 0.3) is 0 Å². The second-order valence-corrected chi connectivity index (χ2v) is 6.04. The van der Waals surface area contributed by atoms with E-state index in [-0.39, 0.29) is 11.7 Å². The third-order valence-corrected chi connectivity index (χ3v) is 4.03. The van der Waals surface area contributed by atoms with Crippen LogP contribution in [-0.2, 0) is 4.79 Å². The van der Waals surface area contributed by atoms with Gasteiger partial charge in [-0.3, -0.25) is 9.78 Å². The molecule has 2 heterocycles. The standard InChI is InChI=1S/C21H20FN3O2/c1-14-18(16-6-8-17(22)9-7-16)13-20(19-5-3-4-10-24-19)25-21(14)27-12-11-23-15(2)26/h3-10,13H,11-12H2,1-2H3,(H,23,26). The molecule has 5 nitrogen and oxygen atoms in total. The van der Waals surface area contributed by atoms with Gasteiger partial charge in [-0.15, -0.1) is 0 Å². The second-order valence-electron chi connectivity index (χ2n) is 6.04. The Hall–Kier alpha value is -3.28. The molecule has 2 aromatic heterocycles. The fourth-order valence-electron chi connectivity index (χ4n) is 2.68. The molecule has 0 aliphatic rings. The summed E-state index contributed by atoms with van der Waals surface area (Å²) >= 11 is 0. The highest BCUT2D eigenvalue weighted by molar-refractivity contribution is 5.74. The Morgan fingerprint density at radius 1 is 1.15 bits per heavy atom. The summed E-state index contributed by atoms with van der Waals surface area (Å²) in [4.78, 5) is 20.0. The van der Waals surface area contributed by atoms with Crippen molar-refractivity contribution in [3.63, 3.8) is 0 Å². The van der Waals surface area contributed by atoms with Gasteiger partial charge in [-0.05, 0) is 48.4 Å². The monoisotopic (exact) mass is 365 g/mol. The number of hydrogen-bond acceptors (Lipinski definition) is 4. The van der Waals surface area contributed by atoms with Gasteiger partial charge in [0.1, 0.15) is 12.4 Å². The third kappa shape index (κ3) is 4.67. The molecule has 0 spiro atoms. The van der Waals surface area contributed by atoms with Gasteiger partial charge in [0, 0.05) is 18.7 Å². The molecule has 0 bridgehead atoms. The van der Waals surface area contributed by atoms with Crippen LogP contribution < -0.4 is 10.1 Å². The zero-order valence-corrected chi connectivity index (χ0v) is 15.2. The minimum absolute atomic E-state index is 0.113. The Morgan fingerprint density at radius 2 is 1.93 bits per heavy atom. The predicted molar refractivity (Wildman–Crippen MR) is 102 cm³/mol. The number of ether oxygens (including phenoxy) is 1. The second kappa shape index (κ2) is 8.40. The van der Waals surface area contributed by atoms with Gasteiger partial charge in [0.15, 0.2) is 0 Å². The van der Waals surface area contributed by atoms with Crippen molar-refractivity contribution in [2.24, 2.45) is 0 Å². The number of aromatic nitrogens is 2. The minimum Gasteiger partial charge on any atom is -0.476 e. The van der Waals surface area contributed by atoms with Crippen LogP contribution in [0.4, 0.5) is 4.39 Å².